The zero-order valence-corrected chi connectivity index (χ0v) is 13.8. The van der Waals surface area contributed by atoms with E-state index in [4.69, 9.17) is 4.65 Å². The van der Waals surface area contributed by atoms with E-state index >= 15 is 0 Å². The predicted molar refractivity (Wildman–Crippen MR) is 87.4 cm³/mol. The molecule has 0 atom stereocenters. The second-order valence-electron chi connectivity index (χ2n) is 5.64. The van der Waals surface area contributed by atoms with Crippen LogP contribution < -0.4 is 0 Å². The lowest BCUT2D eigenvalue weighted by Gasteiger charge is -2.15. The van der Waals surface area contributed by atoms with Gasteiger partial charge in [0.25, 0.3) is 5.97 Å². The topological polar surface area (TPSA) is 43.6 Å². The maximum Gasteiger partial charge on any atom is 0.712 e. The fraction of sp³-hybridized carbons (Fsp3) is 0.375. The van der Waals surface area contributed by atoms with Crippen molar-refractivity contribution < 1.29 is 13.8 Å². The molecule has 0 saturated heterocycles. The first kappa shape index (κ1) is 16.3. The molecule has 0 bridgehead atoms. The molecule has 0 radical (unpaired) electrons. The van der Waals surface area contributed by atoms with Crippen molar-refractivity contribution in [1.82, 2.24) is 4.48 Å². The monoisotopic (exact) mass is 302 g/mol. The summed E-state index contributed by atoms with van der Waals surface area (Å²) in [5.41, 5.74) is 6.00. The molecule has 0 fully saturated rings. The van der Waals surface area contributed by atoms with Crippen molar-refractivity contribution in [2.75, 3.05) is 0 Å². The summed E-state index contributed by atoms with van der Waals surface area (Å²) in [4.78, 5) is 15.6. The van der Waals surface area contributed by atoms with Crippen LogP contribution in [0.5, 0.6) is 0 Å². The summed E-state index contributed by atoms with van der Waals surface area (Å²) in [5, 5.41) is 0. The SMILES string of the molecule is CC(=O)OB(F)n1c(C)cc(C)c1/C(C)=C1\N=C(C)C=C1C. The fourth-order valence-electron chi connectivity index (χ4n) is 2.92. The molecule has 0 aromatic carbocycles. The lowest BCUT2D eigenvalue weighted by atomic mass is 10.0. The molecular formula is C16H20BFN2O2. The molecule has 2 rings (SSSR count). The molecule has 0 unspecified atom stereocenters. The molecule has 116 valence electrons. The molecule has 1 aliphatic rings. The standard InChI is InChI=1S/C16H20BFN2O2/c1-9-7-11(3)19-15(9)13(5)16-10(2)8-12(4)20(16)17(18)22-14(6)21/h7-8H,1-6H3/b15-13-. The van der Waals surface area contributed by atoms with Gasteiger partial charge in [0.05, 0.1) is 5.70 Å². The molecule has 1 aromatic rings. The van der Waals surface area contributed by atoms with Crippen molar-refractivity contribution in [2.45, 2.75) is 41.5 Å². The summed E-state index contributed by atoms with van der Waals surface area (Å²) >= 11 is 0. The Morgan fingerprint density at radius 1 is 1.27 bits per heavy atom. The van der Waals surface area contributed by atoms with Crippen LogP contribution in [-0.2, 0) is 9.45 Å². The molecule has 2 heterocycles. The van der Waals surface area contributed by atoms with Crippen LogP contribution in [-0.4, -0.2) is 23.5 Å². The molecule has 22 heavy (non-hydrogen) atoms. The van der Waals surface area contributed by atoms with Crippen LogP contribution in [0.3, 0.4) is 0 Å². The van der Waals surface area contributed by atoms with E-state index in [-0.39, 0.29) is 0 Å². The minimum Gasteiger partial charge on any atom is -0.487 e. The Labute approximate surface area is 130 Å². The van der Waals surface area contributed by atoms with Crippen LogP contribution in [0.1, 0.15) is 44.6 Å². The number of aromatic nitrogens is 1. The zero-order chi connectivity index (χ0) is 16.6. The van der Waals surface area contributed by atoms with Gasteiger partial charge in [0.1, 0.15) is 0 Å². The molecule has 0 N–H and O–H groups in total. The van der Waals surface area contributed by atoms with Gasteiger partial charge in [-0.3, -0.25) is 14.1 Å². The highest BCUT2D eigenvalue weighted by Gasteiger charge is 2.30. The third kappa shape index (κ3) is 2.91. The number of allylic oxidation sites excluding steroid dienone is 3. The van der Waals surface area contributed by atoms with Gasteiger partial charge in [-0.15, -0.1) is 0 Å². The Bertz CT molecular complexity index is 729. The van der Waals surface area contributed by atoms with E-state index in [1.54, 1.807) is 6.92 Å². The number of halogens is 1. The number of carbonyl (C=O) groups excluding carboxylic acids is 1. The van der Waals surface area contributed by atoms with Crippen molar-refractivity contribution >= 4 is 24.6 Å². The van der Waals surface area contributed by atoms with Gasteiger partial charge in [-0.2, -0.15) is 0 Å². The molecule has 4 nitrogen and oxygen atoms in total. The first-order valence-corrected chi connectivity index (χ1v) is 7.17. The summed E-state index contributed by atoms with van der Waals surface area (Å²) < 4.78 is 20.5. The van der Waals surface area contributed by atoms with Crippen molar-refractivity contribution in [1.29, 1.82) is 0 Å². The van der Waals surface area contributed by atoms with Crippen molar-refractivity contribution in [2.24, 2.45) is 4.99 Å². The Morgan fingerprint density at radius 2 is 1.91 bits per heavy atom. The van der Waals surface area contributed by atoms with E-state index in [9.17, 15) is 9.11 Å². The van der Waals surface area contributed by atoms with Gasteiger partial charge >= 0.3 is 7.33 Å². The van der Waals surface area contributed by atoms with Crippen LogP contribution in [0, 0.1) is 13.8 Å². The van der Waals surface area contributed by atoms with Crippen molar-refractivity contribution in [3.8, 4) is 0 Å². The molecule has 0 spiro atoms. The van der Waals surface area contributed by atoms with E-state index in [0.717, 1.165) is 28.1 Å². The Hall–Kier alpha value is -2.11. The fourth-order valence-corrected chi connectivity index (χ4v) is 2.92. The molecule has 0 saturated carbocycles. The Morgan fingerprint density at radius 3 is 2.41 bits per heavy atom. The third-order valence-corrected chi connectivity index (χ3v) is 3.68. The molecule has 1 aromatic heterocycles. The summed E-state index contributed by atoms with van der Waals surface area (Å²) in [6.45, 7) is 10.7. The van der Waals surface area contributed by atoms with E-state index < -0.39 is 13.3 Å². The van der Waals surface area contributed by atoms with Crippen LogP contribution in [0.25, 0.3) is 5.57 Å². The predicted octanol–water partition coefficient (Wildman–Crippen LogP) is 3.62. The highest BCUT2D eigenvalue weighted by molar-refractivity contribution is 6.44. The molecular weight excluding hydrogens is 282 g/mol. The van der Waals surface area contributed by atoms with E-state index in [2.05, 4.69) is 4.99 Å². The van der Waals surface area contributed by atoms with Crippen LogP contribution in [0.2, 0.25) is 0 Å². The average molecular weight is 302 g/mol. The van der Waals surface area contributed by atoms with Gasteiger partial charge in [-0.05, 0) is 63.5 Å². The third-order valence-electron chi connectivity index (χ3n) is 3.68. The maximum absolute atomic E-state index is 14.4. The summed E-state index contributed by atoms with van der Waals surface area (Å²) in [7, 11) is -1.84. The van der Waals surface area contributed by atoms with Gasteiger partial charge in [0.15, 0.2) is 0 Å². The number of hydrogen-bond donors (Lipinski definition) is 0. The van der Waals surface area contributed by atoms with Gasteiger partial charge in [-0.25, -0.2) is 0 Å². The highest BCUT2D eigenvalue weighted by Crippen LogP contribution is 2.31. The van der Waals surface area contributed by atoms with Crippen molar-refractivity contribution in [3.63, 3.8) is 0 Å². The normalized spacial score (nSPS) is 16.3. The number of rotatable bonds is 3. The van der Waals surface area contributed by atoms with Gasteiger partial charge in [0.2, 0.25) is 0 Å². The molecule has 6 heteroatoms. The number of hydrogen-bond acceptors (Lipinski definition) is 3. The summed E-state index contributed by atoms with van der Waals surface area (Å²) in [6, 6.07) is 1.88. The molecule has 0 aliphatic carbocycles. The van der Waals surface area contributed by atoms with E-state index in [1.165, 1.54) is 11.4 Å². The van der Waals surface area contributed by atoms with E-state index in [0.29, 0.717) is 11.4 Å². The zero-order valence-electron chi connectivity index (χ0n) is 13.8. The average Bonchev–Trinajstić information content (AvgIpc) is 2.86. The maximum atomic E-state index is 14.4. The summed E-state index contributed by atoms with van der Waals surface area (Å²) in [5.74, 6) is -0.652. The Balaban J connectivity index is 2.59. The van der Waals surface area contributed by atoms with Gasteiger partial charge < -0.3 is 9.13 Å². The first-order chi connectivity index (χ1) is 10.2. The number of carbonyl (C=O) groups is 1. The smallest absolute Gasteiger partial charge is 0.487 e. The highest BCUT2D eigenvalue weighted by atomic mass is 19.1. The quantitative estimate of drug-likeness (QED) is 0.800. The van der Waals surface area contributed by atoms with Crippen molar-refractivity contribution in [3.05, 3.63) is 40.4 Å². The molecule has 0 amide bonds. The lowest BCUT2D eigenvalue weighted by Crippen LogP contribution is -2.28. The van der Waals surface area contributed by atoms with Crippen LogP contribution >= 0.6 is 0 Å². The number of nitrogens with zero attached hydrogens (tertiary/aromatic N) is 2. The second kappa shape index (κ2) is 5.95. The number of aryl methyl sites for hydroxylation is 2. The van der Waals surface area contributed by atoms with Crippen LogP contribution in [0.15, 0.2) is 28.4 Å². The summed E-state index contributed by atoms with van der Waals surface area (Å²) in [6.07, 6.45) is 1.99. The van der Waals surface area contributed by atoms with E-state index in [1.807, 2.05) is 39.8 Å². The second-order valence-corrected chi connectivity index (χ2v) is 5.64. The lowest BCUT2D eigenvalue weighted by molar-refractivity contribution is -0.132. The largest absolute Gasteiger partial charge is 0.712 e. The minimum absolute atomic E-state index is 0.652. The van der Waals surface area contributed by atoms with Gasteiger partial charge in [-0.1, -0.05) is 0 Å². The first-order valence-electron chi connectivity index (χ1n) is 7.17. The van der Waals surface area contributed by atoms with Crippen LogP contribution in [0.4, 0.5) is 4.32 Å². The van der Waals surface area contributed by atoms with Gasteiger partial charge in [0, 0.05) is 24.0 Å². The Kier molecular flexibility index (Phi) is 4.40. The number of aliphatic imine (C=N–C) groups is 1. The minimum atomic E-state index is -1.84. The molecule has 1 aliphatic heterocycles.